The number of methoxy groups -OCH3 is 1. The summed E-state index contributed by atoms with van der Waals surface area (Å²) in [6.45, 7) is 0.702. The summed E-state index contributed by atoms with van der Waals surface area (Å²) in [5.74, 6) is -0.217. The average Bonchev–Trinajstić information content (AvgIpc) is 2.45. The third-order valence-electron chi connectivity index (χ3n) is 2.38. The highest BCUT2D eigenvalue weighted by Gasteiger charge is 2.10. The molecule has 0 bridgehead atoms. The third-order valence-corrected chi connectivity index (χ3v) is 2.67. The number of nitrogens with one attached hydrogen (secondary N) is 3. The van der Waals surface area contributed by atoms with Gasteiger partial charge in [0.05, 0.1) is 23.7 Å². The molecule has 1 aromatic rings. The van der Waals surface area contributed by atoms with Crippen molar-refractivity contribution in [1.82, 2.24) is 15.6 Å². The molecular formula is C12H17ClN4O3. The molecule has 0 aromatic carbocycles. The fraction of sp³-hybridized carbons (Fsp3) is 0.417. The van der Waals surface area contributed by atoms with E-state index < -0.39 is 5.91 Å². The largest absolute Gasteiger partial charge is 0.383 e. The van der Waals surface area contributed by atoms with Crippen LogP contribution >= 0.6 is 11.6 Å². The van der Waals surface area contributed by atoms with Crippen molar-refractivity contribution < 1.29 is 14.3 Å². The number of carbonyl (C=O) groups is 2. The van der Waals surface area contributed by atoms with Crippen molar-refractivity contribution in [3.8, 4) is 0 Å². The number of aromatic nitrogens is 1. The summed E-state index contributed by atoms with van der Waals surface area (Å²) >= 11 is 5.92. The first-order valence-electron chi connectivity index (χ1n) is 5.95. The lowest BCUT2D eigenvalue weighted by atomic mass is 10.2. The van der Waals surface area contributed by atoms with E-state index in [1.807, 2.05) is 0 Å². The van der Waals surface area contributed by atoms with E-state index in [1.54, 1.807) is 14.2 Å². The molecule has 110 valence electrons. The van der Waals surface area contributed by atoms with Crippen molar-refractivity contribution in [2.75, 3.05) is 39.2 Å². The van der Waals surface area contributed by atoms with Crippen molar-refractivity contribution in [2.24, 2.45) is 0 Å². The molecule has 0 aliphatic rings. The fourth-order valence-electron chi connectivity index (χ4n) is 1.36. The number of pyridine rings is 1. The van der Waals surface area contributed by atoms with Crippen LogP contribution in [0.15, 0.2) is 12.3 Å². The van der Waals surface area contributed by atoms with E-state index in [4.69, 9.17) is 16.3 Å². The van der Waals surface area contributed by atoms with Gasteiger partial charge in [-0.05, 0) is 6.07 Å². The number of rotatable bonds is 7. The van der Waals surface area contributed by atoms with Gasteiger partial charge in [-0.25, -0.2) is 4.98 Å². The molecule has 1 aromatic heterocycles. The Kier molecular flexibility index (Phi) is 6.75. The minimum absolute atomic E-state index is 0.117. The normalized spacial score (nSPS) is 9.95. The molecule has 8 heteroatoms. The van der Waals surface area contributed by atoms with Crippen LogP contribution in [0.4, 0.5) is 5.82 Å². The third kappa shape index (κ3) is 5.02. The van der Waals surface area contributed by atoms with E-state index in [0.29, 0.717) is 29.6 Å². The van der Waals surface area contributed by atoms with Crippen LogP contribution in [-0.2, 0) is 9.53 Å². The zero-order valence-electron chi connectivity index (χ0n) is 11.3. The van der Waals surface area contributed by atoms with Crippen LogP contribution in [0.2, 0.25) is 5.02 Å². The number of carbonyl (C=O) groups excluding carboxylic acids is 2. The Labute approximate surface area is 122 Å². The number of halogens is 1. The number of anilines is 1. The quantitative estimate of drug-likeness (QED) is 0.629. The van der Waals surface area contributed by atoms with E-state index in [9.17, 15) is 9.59 Å². The summed E-state index contributed by atoms with van der Waals surface area (Å²) in [5, 5.41) is 8.20. The SMILES string of the molecule is CNc1ncc(C(=O)NCC(=O)NCCOC)cc1Cl. The number of hydrogen-bond donors (Lipinski definition) is 3. The Morgan fingerprint density at radius 2 is 2.15 bits per heavy atom. The predicted molar refractivity (Wildman–Crippen MR) is 76.0 cm³/mol. The Hall–Kier alpha value is -1.86. The van der Waals surface area contributed by atoms with Gasteiger partial charge in [0.25, 0.3) is 5.91 Å². The molecule has 1 rings (SSSR count). The summed E-state index contributed by atoms with van der Waals surface area (Å²) in [6.07, 6.45) is 1.38. The van der Waals surface area contributed by atoms with Gasteiger partial charge in [-0.3, -0.25) is 9.59 Å². The van der Waals surface area contributed by atoms with Crippen molar-refractivity contribution in [2.45, 2.75) is 0 Å². The summed E-state index contributed by atoms with van der Waals surface area (Å²) in [5.41, 5.74) is 0.290. The molecule has 0 aliphatic heterocycles. The topological polar surface area (TPSA) is 92.4 Å². The van der Waals surface area contributed by atoms with Gasteiger partial charge in [0.15, 0.2) is 0 Å². The maximum absolute atomic E-state index is 11.8. The highest BCUT2D eigenvalue weighted by molar-refractivity contribution is 6.33. The van der Waals surface area contributed by atoms with E-state index in [-0.39, 0.29) is 12.5 Å². The van der Waals surface area contributed by atoms with Gasteiger partial charge in [0, 0.05) is 26.9 Å². The zero-order chi connectivity index (χ0) is 15.0. The molecule has 1 heterocycles. The van der Waals surface area contributed by atoms with Gasteiger partial charge in [-0.2, -0.15) is 0 Å². The number of ether oxygens (including phenoxy) is 1. The average molecular weight is 301 g/mol. The Morgan fingerprint density at radius 3 is 2.75 bits per heavy atom. The van der Waals surface area contributed by atoms with E-state index >= 15 is 0 Å². The number of nitrogens with zero attached hydrogens (tertiary/aromatic N) is 1. The highest BCUT2D eigenvalue weighted by atomic mass is 35.5. The lowest BCUT2D eigenvalue weighted by Gasteiger charge is -2.08. The van der Waals surface area contributed by atoms with Gasteiger partial charge >= 0.3 is 0 Å². The minimum atomic E-state index is -0.413. The lowest BCUT2D eigenvalue weighted by molar-refractivity contribution is -0.120. The lowest BCUT2D eigenvalue weighted by Crippen LogP contribution is -2.38. The smallest absolute Gasteiger partial charge is 0.253 e. The van der Waals surface area contributed by atoms with Crippen LogP contribution in [-0.4, -0.2) is 50.7 Å². The summed E-state index contributed by atoms with van der Waals surface area (Å²) < 4.78 is 4.79. The van der Waals surface area contributed by atoms with E-state index in [1.165, 1.54) is 12.3 Å². The molecule has 0 aliphatic carbocycles. The second-order valence-corrected chi connectivity index (χ2v) is 4.24. The summed E-state index contributed by atoms with van der Waals surface area (Å²) in [7, 11) is 3.22. The molecular weight excluding hydrogens is 284 g/mol. The van der Waals surface area contributed by atoms with Crippen molar-refractivity contribution in [3.63, 3.8) is 0 Å². The number of amides is 2. The molecule has 7 nitrogen and oxygen atoms in total. The van der Waals surface area contributed by atoms with Crippen LogP contribution in [0.25, 0.3) is 0 Å². The maximum Gasteiger partial charge on any atom is 0.253 e. The van der Waals surface area contributed by atoms with E-state index in [2.05, 4.69) is 20.9 Å². The van der Waals surface area contributed by atoms with Crippen LogP contribution in [0.1, 0.15) is 10.4 Å². The second kappa shape index (κ2) is 8.34. The van der Waals surface area contributed by atoms with Gasteiger partial charge < -0.3 is 20.7 Å². The molecule has 0 spiro atoms. The first kappa shape index (κ1) is 16.2. The first-order valence-corrected chi connectivity index (χ1v) is 6.33. The summed E-state index contributed by atoms with van der Waals surface area (Å²) in [6, 6.07) is 1.48. The molecule has 0 saturated heterocycles. The van der Waals surface area contributed by atoms with Crippen LogP contribution < -0.4 is 16.0 Å². The first-order chi connectivity index (χ1) is 9.58. The standard InChI is InChI=1S/C12H17ClN4O3/c1-14-11-9(13)5-8(6-16-11)12(19)17-7-10(18)15-3-4-20-2/h5-6H,3-4,7H2,1-2H3,(H,14,16)(H,15,18)(H,17,19). The molecule has 20 heavy (non-hydrogen) atoms. The second-order valence-electron chi connectivity index (χ2n) is 3.83. The maximum atomic E-state index is 11.8. The van der Waals surface area contributed by atoms with Crippen molar-refractivity contribution in [1.29, 1.82) is 0 Å². The molecule has 2 amide bonds. The van der Waals surface area contributed by atoms with Gasteiger partial charge in [-0.15, -0.1) is 0 Å². The Morgan fingerprint density at radius 1 is 1.40 bits per heavy atom. The zero-order valence-corrected chi connectivity index (χ0v) is 12.1. The van der Waals surface area contributed by atoms with E-state index in [0.717, 1.165) is 0 Å². The predicted octanol–water partition coefficient (Wildman–Crippen LogP) is 0.269. The molecule has 0 unspecified atom stereocenters. The van der Waals surface area contributed by atoms with Gasteiger partial charge in [0.2, 0.25) is 5.91 Å². The van der Waals surface area contributed by atoms with Gasteiger partial charge in [-0.1, -0.05) is 11.6 Å². The van der Waals surface area contributed by atoms with Crippen LogP contribution in [0.5, 0.6) is 0 Å². The van der Waals surface area contributed by atoms with Crippen LogP contribution in [0, 0.1) is 0 Å². The Bertz CT molecular complexity index is 482. The fourth-order valence-corrected chi connectivity index (χ4v) is 1.62. The minimum Gasteiger partial charge on any atom is -0.383 e. The molecule has 3 N–H and O–H groups in total. The highest BCUT2D eigenvalue weighted by Crippen LogP contribution is 2.19. The molecule has 0 radical (unpaired) electrons. The van der Waals surface area contributed by atoms with Crippen molar-refractivity contribution in [3.05, 3.63) is 22.8 Å². The van der Waals surface area contributed by atoms with Crippen LogP contribution in [0.3, 0.4) is 0 Å². The molecule has 0 atom stereocenters. The van der Waals surface area contributed by atoms with Gasteiger partial charge in [0.1, 0.15) is 5.82 Å². The van der Waals surface area contributed by atoms with Crippen molar-refractivity contribution >= 4 is 29.2 Å². The molecule has 0 fully saturated rings. The monoisotopic (exact) mass is 300 g/mol. The number of hydrogen-bond acceptors (Lipinski definition) is 5. The Balaban J connectivity index is 2.46. The molecule has 0 saturated carbocycles. The summed E-state index contributed by atoms with van der Waals surface area (Å²) in [4.78, 5) is 27.2.